The molecule has 0 aromatic heterocycles. The fourth-order valence-corrected chi connectivity index (χ4v) is 5.75. The summed E-state index contributed by atoms with van der Waals surface area (Å²) in [5.41, 5.74) is 0.524. The molecule has 2 aliphatic rings. The SMILES string of the molecule is COc1ccc(C[C@H]2NC(=O)/C=C/C[C@@H]([C@H](C)C3O[C@@H]3c3ccccc3)OC(=O)[C@H](CC(C)C)OC(=O)C(C)(C)CNC2=O)cc1Cl. The molecule has 47 heavy (non-hydrogen) atoms. The predicted octanol–water partition coefficient (Wildman–Crippen LogP) is 5.12. The maximum atomic E-state index is 13.6. The van der Waals surface area contributed by atoms with E-state index in [4.69, 9.17) is 30.5 Å². The quantitative estimate of drug-likeness (QED) is 0.293. The third kappa shape index (κ3) is 9.81. The van der Waals surface area contributed by atoms with E-state index < -0.39 is 47.4 Å². The summed E-state index contributed by atoms with van der Waals surface area (Å²) in [5, 5.41) is 5.91. The number of methoxy groups -OCH3 is 1. The summed E-state index contributed by atoms with van der Waals surface area (Å²) in [7, 11) is 1.51. The number of hydrogen-bond donors (Lipinski definition) is 2. The molecule has 6 atom stereocenters. The molecule has 10 nitrogen and oxygen atoms in total. The minimum absolute atomic E-state index is 0.0228. The van der Waals surface area contributed by atoms with Gasteiger partial charge in [0.2, 0.25) is 11.8 Å². The molecule has 2 aliphatic heterocycles. The van der Waals surface area contributed by atoms with Crippen molar-refractivity contribution in [2.75, 3.05) is 13.7 Å². The molecule has 4 rings (SSSR count). The summed E-state index contributed by atoms with van der Waals surface area (Å²) in [5.74, 6) is -2.06. The van der Waals surface area contributed by atoms with Gasteiger partial charge in [0.05, 0.1) is 23.7 Å². The van der Waals surface area contributed by atoms with Crippen molar-refractivity contribution in [3.05, 3.63) is 76.8 Å². The van der Waals surface area contributed by atoms with Crippen molar-refractivity contribution in [2.45, 2.75) is 84.3 Å². The molecule has 2 heterocycles. The van der Waals surface area contributed by atoms with Gasteiger partial charge in [0.15, 0.2) is 6.10 Å². The number of halogens is 1. The van der Waals surface area contributed by atoms with E-state index in [2.05, 4.69) is 10.6 Å². The van der Waals surface area contributed by atoms with Gasteiger partial charge in [-0.25, -0.2) is 4.79 Å². The highest BCUT2D eigenvalue weighted by Gasteiger charge is 2.48. The molecule has 1 unspecified atom stereocenters. The predicted molar refractivity (Wildman–Crippen MR) is 177 cm³/mol. The van der Waals surface area contributed by atoms with Crippen molar-refractivity contribution < 1.29 is 38.1 Å². The molecule has 254 valence electrons. The summed E-state index contributed by atoms with van der Waals surface area (Å²) in [6.07, 6.45) is 1.34. The summed E-state index contributed by atoms with van der Waals surface area (Å²) in [6.45, 7) is 8.92. The Morgan fingerprint density at radius 3 is 2.40 bits per heavy atom. The molecule has 0 saturated carbocycles. The van der Waals surface area contributed by atoms with Crippen LogP contribution in [0.3, 0.4) is 0 Å². The van der Waals surface area contributed by atoms with E-state index in [0.717, 1.165) is 5.56 Å². The lowest BCUT2D eigenvalue weighted by Crippen LogP contribution is -2.51. The highest BCUT2D eigenvalue weighted by Crippen LogP contribution is 2.45. The molecule has 2 amide bonds. The maximum Gasteiger partial charge on any atom is 0.347 e. The van der Waals surface area contributed by atoms with E-state index in [-0.39, 0.29) is 49.9 Å². The molecule has 0 aliphatic carbocycles. The number of hydrogen-bond acceptors (Lipinski definition) is 8. The Bertz CT molecular complexity index is 1460. The Kier molecular flexibility index (Phi) is 12.1. The lowest BCUT2D eigenvalue weighted by atomic mass is 9.92. The van der Waals surface area contributed by atoms with Crippen LogP contribution < -0.4 is 15.4 Å². The number of ether oxygens (including phenoxy) is 4. The van der Waals surface area contributed by atoms with Gasteiger partial charge >= 0.3 is 11.9 Å². The van der Waals surface area contributed by atoms with Crippen LogP contribution in [0.1, 0.15) is 64.7 Å². The number of cyclic esters (lactones) is 2. The second kappa shape index (κ2) is 15.8. The van der Waals surface area contributed by atoms with Crippen LogP contribution in [0.25, 0.3) is 0 Å². The van der Waals surface area contributed by atoms with Crippen molar-refractivity contribution in [1.82, 2.24) is 10.6 Å². The molecule has 2 N–H and O–H groups in total. The van der Waals surface area contributed by atoms with Crippen molar-refractivity contribution in [3.8, 4) is 5.75 Å². The Hall–Kier alpha value is -3.89. The van der Waals surface area contributed by atoms with Crippen LogP contribution >= 0.6 is 11.6 Å². The van der Waals surface area contributed by atoms with Gasteiger partial charge in [0.25, 0.3) is 0 Å². The third-order valence-corrected chi connectivity index (χ3v) is 8.70. The molecule has 2 aromatic rings. The largest absolute Gasteiger partial charge is 0.495 e. The maximum absolute atomic E-state index is 13.6. The van der Waals surface area contributed by atoms with E-state index in [1.165, 1.54) is 13.2 Å². The number of esters is 2. The highest BCUT2D eigenvalue weighted by atomic mass is 35.5. The van der Waals surface area contributed by atoms with Crippen LogP contribution in [0, 0.1) is 17.3 Å². The van der Waals surface area contributed by atoms with Crippen LogP contribution in [0.5, 0.6) is 5.75 Å². The number of amides is 2. The first-order valence-electron chi connectivity index (χ1n) is 16.0. The van der Waals surface area contributed by atoms with E-state index in [0.29, 0.717) is 16.3 Å². The first kappa shape index (κ1) is 36.0. The smallest absolute Gasteiger partial charge is 0.347 e. The Morgan fingerprint density at radius 2 is 1.74 bits per heavy atom. The number of benzene rings is 2. The van der Waals surface area contributed by atoms with E-state index in [1.807, 2.05) is 51.1 Å². The van der Waals surface area contributed by atoms with Gasteiger partial charge in [0, 0.05) is 25.3 Å². The minimum atomic E-state index is -1.20. The zero-order valence-corrected chi connectivity index (χ0v) is 28.5. The van der Waals surface area contributed by atoms with Crippen molar-refractivity contribution in [2.24, 2.45) is 17.3 Å². The normalized spacial score (nSPS) is 26.8. The molecule has 2 aromatic carbocycles. The number of carbonyl (C=O) groups is 4. The Morgan fingerprint density at radius 1 is 1.02 bits per heavy atom. The molecule has 0 radical (unpaired) electrons. The van der Waals surface area contributed by atoms with E-state index in [9.17, 15) is 19.2 Å². The zero-order valence-electron chi connectivity index (χ0n) is 27.8. The molecular formula is C36H45ClN2O8. The van der Waals surface area contributed by atoms with Crippen LogP contribution in [0.15, 0.2) is 60.7 Å². The fraction of sp³-hybridized carbons (Fsp3) is 0.500. The first-order chi connectivity index (χ1) is 22.3. The van der Waals surface area contributed by atoms with Gasteiger partial charge in [-0.2, -0.15) is 0 Å². The van der Waals surface area contributed by atoms with Gasteiger partial charge in [-0.3, -0.25) is 14.4 Å². The number of carbonyl (C=O) groups excluding carboxylic acids is 4. The fourth-order valence-electron chi connectivity index (χ4n) is 5.46. The van der Waals surface area contributed by atoms with Gasteiger partial charge in [0.1, 0.15) is 24.0 Å². The van der Waals surface area contributed by atoms with E-state index in [1.54, 1.807) is 38.1 Å². The number of epoxide rings is 1. The van der Waals surface area contributed by atoms with Crippen LogP contribution in [-0.2, 0) is 39.8 Å². The van der Waals surface area contributed by atoms with Crippen LogP contribution in [0.2, 0.25) is 5.02 Å². The first-order valence-corrected chi connectivity index (χ1v) is 16.4. The zero-order chi connectivity index (χ0) is 34.3. The van der Waals surface area contributed by atoms with Crippen molar-refractivity contribution in [3.63, 3.8) is 0 Å². The summed E-state index contributed by atoms with van der Waals surface area (Å²) in [6, 6.07) is 13.9. The molecule has 1 saturated heterocycles. The van der Waals surface area contributed by atoms with Crippen LogP contribution in [-0.4, -0.2) is 61.8 Å². The lowest BCUT2D eigenvalue weighted by Gasteiger charge is -2.29. The Balaban J connectivity index is 1.61. The standard InChI is InChI=1S/C36H45ClN2O8/c1-21(2)17-29-34(42)45-27(22(3)31-32(47-31)24-11-8-7-9-12-24)13-10-14-30(40)39-26(19-23-15-16-28(44-6)25(37)18-23)33(41)38-20-36(4,5)35(43)46-29/h7-12,14-16,18,21-22,26-27,29,31-32H,13,17,19-20H2,1-6H3,(H,38,41)(H,39,40)/b14-10+/t22-,26+,27-,29-,31?,32+/m0/s1. The van der Waals surface area contributed by atoms with Gasteiger partial charge in [-0.05, 0) is 55.5 Å². The van der Waals surface area contributed by atoms with Gasteiger partial charge < -0.3 is 29.6 Å². The summed E-state index contributed by atoms with van der Waals surface area (Å²) < 4.78 is 23.1. The van der Waals surface area contributed by atoms with Gasteiger partial charge in [-0.15, -0.1) is 0 Å². The highest BCUT2D eigenvalue weighted by molar-refractivity contribution is 6.32. The summed E-state index contributed by atoms with van der Waals surface area (Å²) >= 11 is 6.32. The average Bonchev–Trinajstić information content (AvgIpc) is 3.83. The monoisotopic (exact) mass is 668 g/mol. The Labute approximate surface area is 281 Å². The number of nitrogens with one attached hydrogen (secondary N) is 2. The topological polar surface area (TPSA) is 133 Å². The molecule has 11 heteroatoms. The van der Waals surface area contributed by atoms with Crippen molar-refractivity contribution >= 4 is 35.4 Å². The molecule has 0 bridgehead atoms. The van der Waals surface area contributed by atoms with Crippen molar-refractivity contribution in [1.29, 1.82) is 0 Å². The number of rotatable bonds is 8. The molecule has 1 fully saturated rings. The third-order valence-electron chi connectivity index (χ3n) is 8.41. The molecule has 0 spiro atoms. The second-order valence-electron chi connectivity index (χ2n) is 13.3. The lowest BCUT2D eigenvalue weighted by molar-refractivity contribution is -0.179. The van der Waals surface area contributed by atoms with Crippen LogP contribution in [0.4, 0.5) is 0 Å². The average molecular weight is 669 g/mol. The second-order valence-corrected chi connectivity index (χ2v) is 13.7. The van der Waals surface area contributed by atoms with Gasteiger partial charge in [-0.1, -0.05) is 74.8 Å². The summed E-state index contributed by atoms with van der Waals surface area (Å²) in [4.78, 5) is 53.6. The van der Waals surface area contributed by atoms with E-state index >= 15 is 0 Å². The minimum Gasteiger partial charge on any atom is -0.495 e. The molecular weight excluding hydrogens is 624 g/mol.